The van der Waals surface area contributed by atoms with Gasteiger partial charge in [-0.1, -0.05) is 0 Å². The van der Waals surface area contributed by atoms with E-state index in [4.69, 9.17) is 4.74 Å². The molecular weight excluding hydrogens is 180 g/mol. The van der Waals surface area contributed by atoms with Gasteiger partial charge < -0.3 is 9.84 Å². The standard InChI is InChI=1S/C11H14O3/c12-11(13)8-6-4-1-2-5(3-4)7(6)9-10(8)14-9/h4-10H,1-3H2,(H,12,13). The van der Waals surface area contributed by atoms with Crippen LogP contribution in [-0.4, -0.2) is 23.3 Å². The number of ether oxygens (including phenoxy) is 1. The predicted molar refractivity (Wildman–Crippen MR) is 47.6 cm³/mol. The van der Waals surface area contributed by atoms with Crippen LogP contribution in [0.15, 0.2) is 0 Å². The van der Waals surface area contributed by atoms with Crippen molar-refractivity contribution in [2.24, 2.45) is 29.6 Å². The molecule has 0 radical (unpaired) electrons. The quantitative estimate of drug-likeness (QED) is 0.636. The third kappa shape index (κ3) is 0.691. The minimum atomic E-state index is -0.613. The van der Waals surface area contributed by atoms with Crippen molar-refractivity contribution in [1.29, 1.82) is 0 Å². The van der Waals surface area contributed by atoms with Gasteiger partial charge in [-0.25, -0.2) is 0 Å². The molecule has 7 atom stereocenters. The van der Waals surface area contributed by atoms with Crippen LogP contribution in [0.2, 0.25) is 0 Å². The summed E-state index contributed by atoms with van der Waals surface area (Å²) >= 11 is 0. The van der Waals surface area contributed by atoms with Gasteiger partial charge in [-0.3, -0.25) is 4.79 Å². The molecule has 3 saturated carbocycles. The van der Waals surface area contributed by atoms with Crippen LogP contribution >= 0.6 is 0 Å². The smallest absolute Gasteiger partial charge is 0.309 e. The lowest BCUT2D eigenvalue weighted by atomic mass is 9.77. The van der Waals surface area contributed by atoms with Crippen molar-refractivity contribution in [3.05, 3.63) is 0 Å². The maximum atomic E-state index is 11.2. The highest BCUT2D eigenvalue weighted by atomic mass is 16.6. The number of rotatable bonds is 1. The van der Waals surface area contributed by atoms with Gasteiger partial charge in [0, 0.05) is 0 Å². The van der Waals surface area contributed by atoms with Gasteiger partial charge in [0.05, 0.1) is 18.1 Å². The minimum Gasteiger partial charge on any atom is -0.481 e. The fourth-order valence-corrected chi connectivity index (χ4v) is 4.66. The lowest BCUT2D eigenvalue weighted by molar-refractivity contribution is -0.145. The van der Waals surface area contributed by atoms with Crippen LogP contribution < -0.4 is 0 Å². The Morgan fingerprint density at radius 3 is 2.57 bits per heavy atom. The highest BCUT2D eigenvalue weighted by Gasteiger charge is 2.71. The van der Waals surface area contributed by atoms with Crippen molar-refractivity contribution >= 4 is 5.97 Å². The van der Waals surface area contributed by atoms with Crippen molar-refractivity contribution in [2.75, 3.05) is 0 Å². The lowest BCUT2D eigenvalue weighted by Gasteiger charge is -2.29. The Morgan fingerprint density at radius 2 is 1.86 bits per heavy atom. The lowest BCUT2D eigenvalue weighted by Crippen LogP contribution is -2.32. The Labute approximate surface area is 82.4 Å². The van der Waals surface area contributed by atoms with Gasteiger partial charge in [-0.15, -0.1) is 0 Å². The Balaban J connectivity index is 1.74. The first-order chi connectivity index (χ1) is 6.77. The highest BCUT2D eigenvalue weighted by molar-refractivity contribution is 5.73. The second kappa shape index (κ2) is 2.16. The number of hydrogen-bond donors (Lipinski definition) is 1. The van der Waals surface area contributed by atoms with E-state index < -0.39 is 5.97 Å². The van der Waals surface area contributed by atoms with E-state index in [0.29, 0.717) is 23.9 Å². The summed E-state index contributed by atoms with van der Waals surface area (Å²) in [4.78, 5) is 11.2. The molecule has 14 heavy (non-hydrogen) atoms. The number of hydrogen-bond acceptors (Lipinski definition) is 2. The van der Waals surface area contributed by atoms with Gasteiger partial charge in [0.15, 0.2) is 0 Å². The van der Waals surface area contributed by atoms with E-state index in [1.807, 2.05) is 0 Å². The summed E-state index contributed by atoms with van der Waals surface area (Å²) < 4.78 is 5.51. The summed E-state index contributed by atoms with van der Waals surface area (Å²) in [5.74, 6) is 1.81. The van der Waals surface area contributed by atoms with E-state index in [9.17, 15) is 9.90 Å². The number of carboxylic acid groups (broad SMARTS) is 1. The second-order valence-corrected chi connectivity index (χ2v) is 5.42. The van der Waals surface area contributed by atoms with E-state index in [0.717, 1.165) is 5.92 Å². The van der Waals surface area contributed by atoms with Crippen molar-refractivity contribution in [3.63, 3.8) is 0 Å². The Kier molecular flexibility index (Phi) is 1.19. The van der Waals surface area contributed by atoms with E-state index in [-0.39, 0.29) is 12.0 Å². The largest absolute Gasteiger partial charge is 0.481 e. The average Bonchev–Trinajstić information content (AvgIpc) is 2.62. The summed E-state index contributed by atoms with van der Waals surface area (Å²) in [6, 6.07) is 0. The van der Waals surface area contributed by atoms with Gasteiger partial charge >= 0.3 is 5.97 Å². The molecule has 4 aliphatic rings. The predicted octanol–water partition coefficient (Wildman–Crippen LogP) is 1.13. The molecule has 0 aromatic rings. The molecule has 3 aliphatic carbocycles. The zero-order valence-electron chi connectivity index (χ0n) is 7.93. The molecule has 0 spiro atoms. The van der Waals surface area contributed by atoms with Crippen molar-refractivity contribution in [2.45, 2.75) is 31.5 Å². The van der Waals surface area contributed by atoms with E-state index >= 15 is 0 Å². The molecule has 4 rings (SSSR count). The van der Waals surface area contributed by atoms with E-state index in [2.05, 4.69) is 0 Å². The second-order valence-electron chi connectivity index (χ2n) is 5.42. The maximum Gasteiger partial charge on any atom is 0.309 e. The molecule has 7 unspecified atom stereocenters. The molecule has 3 nitrogen and oxygen atoms in total. The molecule has 4 fully saturated rings. The SMILES string of the molecule is O=C(O)C1C2OC2C2C3CCC(C3)C12. The number of carboxylic acids is 1. The Hall–Kier alpha value is -0.570. The maximum absolute atomic E-state index is 11.2. The number of fused-ring (bicyclic) bond motifs is 7. The van der Waals surface area contributed by atoms with Crippen LogP contribution in [0.1, 0.15) is 19.3 Å². The average molecular weight is 194 g/mol. The molecule has 0 aromatic carbocycles. The van der Waals surface area contributed by atoms with Crippen LogP contribution in [0, 0.1) is 29.6 Å². The van der Waals surface area contributed by atoms with Crippen molar-refractivity contribution < 1.29 is 14.6 Å². The topological polar surface area (TPSA) is 49.8 Å². The highest BCUT2D eigenvalue weighted by Crippen LogP contribution is 2.66. The van der Waals surface area contributed by atoms with Gasteiger partial charge in [0.1, 0.15) is 0 Å². The number of aliphatic carboxylic acids is 1. The first kappa shape index (κ1) is 7.69. The molecule has 1 N–H and O–H groups in total. The number of epoxide rings is 1. The zero-order chi connectivity index (χ0) is 9.45. The van der Waals surface area contributed by atoms with E-state index in [1.54, 1.807) is 0 Å². The van der Waals surface area contributed by atoms with Crippen LogP contribution in [0.3, 0.4) is 0 Å². The zero-order valence-corrected chi connectivity index (χ0v) is 7.93. The minimum absolute atomic E-state index is 0.0888. The molecule has 1 saturated heterocycles. The summed E-state index contributed by atoms with van der Waals surface area (Å²) in [5, 5.41) is 9.21. The molecule has 2 bridgehead atoms. The molecule has 1 heterocycles. The van der Waals surface area contributed by atoms with Crippen molar-refractivity contribution in [1.82, 2.24) is 0 Å². The van der Waals surface area contributed by atoms with Crippen LogP contribution in [-0.2, 0) is 9.53 Å². The molecule has 0 amide bonds. The summed E-state index contributed by atoms with van der Waals surface area (Å²) in [7, 11) is 0. The Morgan fingerprint density at radius 1 is 1.14 bits per heavy atom. The van der Waals surface area contributed by atoms with Crippen LogP contribution in [0.5, 0.6) is 0 Å². The monoisotopic (exact) mass is 194 g/mol. The summed E-state index contributed by atoms with van der Waals surface area (Å²) in [5.41, 5.74) is 0. The summed E-state index contributed by atoms with van der Waals surface area (Å²) in [6.07, 6.45) is 4.30. The van der Waals surface area contributed by atoms with Gasteiger partial charge in [-0.05, 0) is 42.9 Å². The fraction of sp³-hybridized carbons (Fsp3) is 0.909. The molecule has 1 aliphatic heterocycles. The number of carbonyl (C=O) groups is 1. The third-order valence-corrected chi connectivity index (χ3v) is 5.04. The molecule has 3 heteroatoms. The third-order valence-electron chi connectivity index (χ3n) is 5.04. The van der Waals surface area contributed by atoms with Gasteiger partial charge in [-0.2, -0.15) is 0 Å². The van der Waals surface area contributed by atoms with E-state index in [1.165, 1.54) is 19.3 Å². The van der Waals surface area contributed by atoms with Crippen molar-refractivity contribution in [3.8, 4) is 0 Å². The molecule has 0 aromatic heterocycles. The van der Waals surface area contributed by atoms with Crippen LogP contribution in [0.25, 0.3) is 0 Å². The van der Waals surface area contributed by atoms with Gasteiger partial charge in [0.25, 0.3) is 0 Å². The fourth-order valence-electron chi connectivity index (χ4n) is 4.66. The first-order valence-corrected chi connectivity index (χ1v) is 5.65. The first-order valence-electron chi connectivity index (χ1n) is 5.65. The molecular formula is C11H14O3. The summed E-state index contributed by atoms with van der Waals surface area (Å²) in [6.45, 7) is 0. The van der Waals surface area contributed by atoms with Crippen LogP contribution in [0.4, 0.5) is 0 Å². The van der Waals surface area contributed by atoms with Gasteiger partial charge in [0.2, 0.25) is 0 Å². The Bertz CT molecular complexity index is 314. The normalized spacial score (nSPS) is 62.4. The molecule has 76 valence electrons.